The number of hydrogen-bond donors (Lipinski definition) is 0. The van der Waals surface area contributed by atoms with Gasteiger partial charge in [0.25, 0.3) is 20.1 Å². The normalized spacial score (nSPS) is 12.5. The highest BCUT2D eigenvalue weighted by atomic mass is 35.7. The van der Waals surface area contributed by atoms with Crippen LogP contribution in [0, 0.1) is 69.8 Å². The molecule has 0 radical (unpaired) electrons. The molecule has 0 N–H and O–H groups in total. The molecule has 3 aromatic rings. The van der Waals surface area contributed by atoms with Gasteiger partial charge >= 0.3 is 7.32 Å². The van der Waals surface area contributed by atoms with Gasteiger partial charge in [0.2, 0.25) is 34.9 Å². The molecule has 3 nitrogen and oxygen atoms in total. The number of halogens is 18. The van der Waals surface area contributed by atoms with Crippen LogP contribution in [0.4, 0.5) is 52.7 Å². The van der Waals surface area contributed by atoms with Gasteiger partial charge in [-0.1, -0.05) is 0 Å². The fourth-order valence-corrected chi connectivity index (χ4v) is 9.62. The van der Waals surface area contributed by atoms with Crippen molar-refractivity contribution in [2.75, 3.05) is 0 Å². The quantitative estimate of drug-likeness (QED) is 0.0943. The van der Waals surface area contributed by atoms with Crippen LogP contribution in [0.3, 0.4) is 0 Å². The van der Waals surface area contributed by atoms with Gasteiger partial charge in [0.05, 0.1) is 0 Å². The molecular formula is C21H9BCl6F12O3Si3. The fourth-order valence-electron chi connectivity index (χ4n) is 3.66. The molecule has 3 aromatic carbocycles. The van der Waals surface area contributed by atoms with E-state index in [1.165, 1.54) is 0 Å². The molecular weight excluding hydrogens is 836 g/mol. The summed E-state index contributed by atoms with van der Waals surface area (Å²) in [5.41, 5.74) is 0. The van der Waals surface area contributed by atoms with Crippen LogP contribution in [0.2, 0.25) is 19.6 Å². The van der Waals surface area contributed by atoms with Crippen molar-refractivity contribution in [2.24, 2.45) is 0 Å². The van der Waals surface area contributed by atoms with Crippen molar-refractivity contribution < 1.29 is 66.6 Å². The molecule has 0 heterocycles. The minimum absolute atomic E-state index is 0.799. The minimum Gasteiger partial charge on any atom is -0.484 e. The Morgan fingerprint density at radius 1 is 0.348 bits per heavy atom. The second-order valence-electron chi connectivity index (χ2n) is 9.19. The van der Waals surface area contributed by atoms with E-state index in [0.717, 1.165) is 19.6 Å². The lowest BCUT2D eigenvalue weighted by molar-refractivity contribution is 0.257. The van der Waals surface area contributed by atoms with Crippen molar-refractivity contribution in [3.8, 4) is 17.2 Å². The zero-order valence-electron chi connectivity index (χ0n) is 22.1. The van der Waals surface area contributed by atoms with Crippen LogP contribution in [-0.2, 0) is 0 Å². The summed E-state index contributed by atoms with van der Waals surface area (Å²) >= 11 is 34.0. The first-order valence-electron chi connectivity index (χ1n) is 11.5. The smallest absolute Gasteiger partial charge is 0.484 e. The summed E-state index contributed by atoms with van der Waals surface area (Å²) in [6.45, 7) is -10.4. The van der Waals surface area contributed by atoms with Gasteiger partial charge in [-0.2, -0.15) is 26.3 Å². The van der Waals surface area contributed by atoms with Crippen molar-refractivity contribution >= 4 is 109 Å². The molecule has 0 bridgehead atoms. The molecule has 0 saturated carbocycles. The Bertz CT molecular complexity index is 1460. The van der Waals surface area contributed by atoms with E-state index in [0.29, 0.717) is 0 Å². The average Bonchev–Trinajstić information content (AvgIpc) is 2.90. The minimum atomic E-state index is -4.27. The summed E-state index contributed by atoms with van der Waals surface area (Å²) in [7, 11) is -3.60. The van der Waals surface area contributed by atoms with Crippen LogP contribution in [-0.4, -0.2) is 27.4 Å². The van der Waals surface area contributed by atoms with Crippen molar-refractivity contribution in [3.63, 3.8) is 0 Å². The second kappa shape index (κ2) is 13.5. The highest BCUT2D eigenvalue weighted by Crippen LogP contribution is 2.35. The van der Waals surface area contributed by atoms with Crippen LogP contribution in [0.15, 0.2) is 0 Å². The number of benzene rings is 3. The van der Waals surface area contributed by atoms with E-state index in [2.05, 4.69) is 14.0 Å². The van der Waals surface area contributed by atoms with Gasteiger partial charge in [0.15, 0.2) is 52.2 Å². The van der Waals surface area contributed by atoms with E-state index in [9.17, 15) is 52.7 Å². The van der Waals surface area contributed by atoms with E-state index in [1.807, 2.05) is 0 Å². The van der Waals surface area contributed by atoms with E-state index < -0.39 is 130 Å². The van der Waals surface area contributed by atoms with Crippen molar-refractivity contribution in [1.29, 1.82) is 0 Å². The van der Waals surface area contributed by atoms with Crippen molar-refractivity contribution in [1.82, 2.24) is 0 Å². The first-order chi connectivity index (χ1) is 20.7. The maximum Gasteiger partial charge on any atom is 0.864 e. The Morgan fingerprint density at radius 2 is 0.500 bits per heavy atom. The lowest BCUT2D eigenvalue weighted by Gasteiger charge is -2.22. The highest BCUT2D eigenvalue weighted by Gasteiger charge is 2.46. The Kier molecular flexibility index (Phi) is 11.5. The first kappa shape index (κ1) is 39.1. The number of rotatable bonds is 9. The monoisotopic (exact) mass is 842 g/mol. The summed E-state index contributed by atoms with van der Waals surface area (Å²) in [5, 5.41) is -4.56. The van der Waals surface area contributed by atoms with E-state index in [-0.39, 0.29) is 0 Å². The Balaban J connectivity index is 2.32. The molecule has 0 aliphatic carbocycles. The molecule has 0 saturated heterocycles. The van der Waals surface area contributed by atoms with Crippen LogP contribution in [0.5, 0.6) is 17.2 Å². The van der Waals surface area contributed by atoms with Gasteiger partial charge in [-0.25, -0.2) is 26.3 Å². The summed E-state index contributed by atoms with van der Waals surface area (Å²) in [6, 6.07) is 0. The number of hydrogen-bond acceptors (Lipinski definition) is 3. The van der Waals surface area contributed by atoms with Gasteiger partial charge in [0, 0.05) is 15.6 Å². The Hall–Kier alpha value is -1.32. The lowest BCUT2D eigenvalue weighted by Crippen LogP contribution is -2.44. The lowest BCUT2D eigenvalue weighted by atomic mass is 10.1. The molecule has 0 aromatic heterocycles. The molecule has 252 valence electrons. The molecule has 0 atom stereocenters. The fraction of sp³-hybridized carbons (Fsp3) is 0.143. The van der Waals surface area contributed by atoms with Crippen LogP contribution in [0.1, 0.15) is 0 Å². The molecule has 0 aliphatic heterocycles. The third-order valence-corrected chi connectivity index (χ3v) is 13.0. The van der Waals surface area contributed by atoms with Gasteiger partial charge < -0.3 is 14.0 Å². The maximum absolute atomic E-state index is 14.9. The van der Waals surface area contributed by atoms with Crippen LogP contribution < -0.4 is 29.5 Å². The van der Waals surface area contributed by atoms with E-state index in [4.69, 9.17) is 66.5 Å². The summed E-state index contributed by atoms with van der Waals surface area (Å²) in [6.07, 6.45) is 0. The molecule has 46 heavy (non-hydrogen) atoms. The zero-order chi connectivity index (χ0) is 35.6. The molecule has 0 fully saturated rings. The standard InChI is InChI=1S/C21H9BCl6F12O3Si3/c1-44(23,24)19-10(35)4(29)16(5(30)11(19)36)41-22(42-17-6(31)12(37)20(45(2,25)26)13(38)7(17)32)43-18-8(33)14(39)21(46(3,27)28)15(40)9(18)34/h1-3H3. The van der Waals surface area contributed by atoms with Gasteiger partial charge in [-0.15, -0.1) is 66.5 Å². The molecule has 0 unspecified atom stereocenters. The topological polar surface area (TPSA) is 27.7 Å². The molecule has 0 spiro atoms. The molecule has 0 amide bonds. The molecule has 25 heteroatoms. The summed E-state index contributed by atoms with van der Waals surface area (Å²) < 4.78 is 191. The average molecular weight is 845 g/mol. The molecule has 0 aliphatic rings. The van der Waals surface area contributed by atoms with Crippen LogP contribution >= 0.6 is 66.5 Å². The van der Waals surface area contributed by atoms with E-state index >= 15 is 0 Å². The predicted octanol–water partition coefficient (Wildman–Crippen LogP) is 8.15. The largest absolute Gasteiger partial charge is 0.864 e. The summed E-state index contributed by atoms with van der Waals surface area (Å²) in [4.78, 5) is 0. The Morgan fingerprint density at radius 3 is 0.630 bits per heavy atom. The van der Waals surface area contributed by atoms with E-state index in [1.54, 1.807) is 0 Å². The first-order valence-corrected chi connectivity index (χ1v) is 25.0. The van der Waals surface area contributed by atoms with Crippen molar-refractivity contribution in [2.45, 2.75) is 19.6 Å². The second-order valence-corrected chi connectivity index (χ2v) is 31.4. The molecule has 3 rings (SSSR count). The van der Waals surface area contributed by atoms with Crippen LogP contribution in [0.25, 0.3) is 0 Å². The summed E-state index contributed by atoms with van der Waals surface area (Å²) in [5.74, 6) is -35.9. The van der Waals surface area contributed by atoms with Crippen molar-refractivity contribution in [3.05, 3.63) is 69.8 Å². The SMILES string of the molecule is C[Si](Cl)(Cl)c1c(F)c(F)c(OB(Oc2c(F)c(F)c([Si](C)(Cl)Cl)c(F)c2F)Oc2c(F)c(F)c([Si](C)(Cl)Cl)c(F)c2F)c(F)c1F. The third-order valence-electron chi connectivity index (χ3n) is 5.63. The zero-order valence-corrected chi connectivity index (χ0v) is 29.6. The van der Waals surface area contributed by atoms with Gasteiger partial charge in [-0.05, 0) is 19.6 Å². The maximum atomic E-state index is 14.9. The third kappa shape index (κ3) is 7.31. The van der Waals surface area contributed by atoms with Gasteiger partial charge in [-0.3, -0.25) is 0 Å². The van der Waals surface area contributed by atoms with Gasteiger partial charge in [0.1, 0.15) is 0 Å². The highest BCUT2D eigenvalue weighted by molar-refractivity contribution is 7.51. The Labute approximate surface area is 281 Å². The predicted molar refractivity (Wildman–Crippen MR) is 155 cm³/mol.